The highest BCUT2D eigenvalue weighted by Gasteiger charge is 2.49. The number of nitrogens with two attached hydrogens (primary N) is 1. The van der Waals surface area contributed by atoms with E-state index in [0.29, 0.717) is 6.54 Å². The number of primary amides is 1. The zero-order valence-electron chi connectivity index (χ0n) is 19.8. The summed E-state index contributed by atoms with van der Waals surface area (Å²) in [5.74, 6) is -0.191. The lowest BCUT2D eigenvalue weighted by Crippen LogP contribution is -2.76. The highest BCUT2D eigenvalue weighted by molar-refractivity contribution is 7.94. The molecular weight excluding hydrogens is 438 g/mol. The molecule has 8 nitrogen and oxygen atoms in total. The number of piperazine rings is 3. The summed E-state index contributed by atoms with van der Waals surface area (Å²) in [7, 11) is -1.90. The van der Waals surface area contributed by atoms with Crippen LogP contribution in [0.4, 0.5) is 11.4 Å². The second-order valence-corrected chi connectivity index (χ2v) is 12.3. The number of anilines is 2. The van der Waals surface area contributed by atoms with Crippen molar-refractivity contribution in [1.82, 2.24) is 0 Å². The fourth-order valence-electron chi connectivity index (χ4n) is 6.13. The standard InChI is InChI=1S/C24H34N5O3S/c1-18(2)27-22-7-6-20-5-4-19(16-21(20)24(22)26(3)33(27,31)32)8-9-28-10-13-29(14-11-28,15-12-28)17-23(25)30/h4-7,16,18H,8-15,17H2,1-3H3,(H-,25,30)/q+1/p+1. The number of nitrogens with zero attached hydrogens (tertiary/aromatic N) is 4. The highest BCUT2D eigenvalue weighted by Crippen LogP contribution is 2.46. The van der Waals surface area contributed by atoms with Crippen LogP contribution in [-0.2, 0) is 21.4 Å². The molecule has 2 aromatic carbocycles. The first-order chi connectivity index (χ1) is 15.6. The quantitative estimate of drug-likeness (QED) is 0.645. The second-order valence-electron chi connectivity index (χ2n) is 10.5. The van der Waals surface area contributed by atoms with E-state index in [1.54, 1.807) is 7.05 Å². The number of amides is 1. The van der Waals surface area contributed by atoms with Gasteiger partial charge in [-0.1, -0.05) is 18.2 Å². The van der Waals surface area contributed by atoms with E-state index in [9.17, 15) is 13.2 Å². The number of rotatable bonds is 6. The molecule has 0 unspecified atom stereocenters. The molecule has 0 atom stereocenters. The van der Waals surface area contributed by atoms with Crippen molar-refractivity contribution in [3.63, 3.8) is 0 Å². The van der Waals surface area contributed by atoms with Crippen LogP contribution in [0, 0.1) is 0 Å². The van der Waals surface area contributed by atoms with E-state index >= 15 is 0 Å². The molecule has 33 heavy (non-hydrogen) atoms. The lowest BCUT2D eigenvalue weighted by molar-refractivity contribution is -1.08. The van der Waals surface area contributed by atoms with E-state index in [-0.39, 0.29) is 11.9 Å². The normalized spacial score (nSPS) is 28.0. The first-order valence-electron chi connectivity index (χ1n) is 11.9. The Labute approximate surface area is 196 Å². The summed E-state index contributed by atoms with van der Waals surface area (Å²) in [5, 5.41) is 2.05. The van der Waals surface area contributed by atoms with Crippen molar-refractivity contribution in [3.05, 3.63) is 35.9 Å². The maximum Gasteiger partial charge on any atom is 0.326 e. The molecule has 3 saturated heterocycles. The molecule has 0 radical (unpaired) electrons. The Morgan fingerprint density at radius 2 is 1.64 bits per heavy atom. The van der Waals surface area contributed by atoms with Crippen molar-refractivity contribution in [3.8, 4) is 0 Å². The Kier molecular flexibility index (Phi) is 5.15. The summed E-state index contributed by atoms with van der Waals surface area (Å²) >= 11 is 0. The zero-order chi connectivity index (χ0) is 23.6. The largest absolute Gasteiger partial charge is 0.365 e. The van der Waals surface area contributed by atoms with Crippen molar-refractivity contribution < 1.29 is 22.2 Å². The first kappa shape index (κ1) is 22.4. The minimum absolute atomic E-state index is 0.145. The summed E-state index contributed by atoms with van der Waals surface area (Å²) in [6.45, 7) is 11.7. The Balaban J connectivity index is 1.40. The van der Waals surface area contributed by atoms with Gasteiger partial charge in [-0.05, 0) is 36.9 Å². The Morgan fingerprint density at radius 1 is 1.03 bits per heavy atom. The van der Waals surface area contributed by atoms with Crippen molar-refractivity contribution in [2.24, 2.45) is 5.73 Å². The van der Waals surface area contributed by atoms with Crippen LogP contribution in [0.25, 0.3) is 10.8 Å². The number of hydrogen-bond acceptors (Lipinski definition) is 3. The van der Waals surface area contributed by atoms with E-state index in [1.807, 2.05) is 26.0 Å². The number of fused-ring (bicyclic) bond motifs is 6. The van der Waals surface area contributed by atoms with Gasteiger partial charge in [0.2, 0.25) is 0 Å². The molecule has 4 aliphatic rings. The van der Waals surface area contributed by atoms with Crippen LogP contribution in [0.3, 0.4) is 0 Å². The Hall–Kier alpha value is -2.36. The lowest BCUT2D eigenvalue weighted by Gasteiger charge is -2.55. The van der Waals surface area contributed by atoms with E-state index in [4.69, 9.17) is 5.73 Å². The van der Waals surface area contributed by atoms with Gasteiger partial charge >= 0.3 is 10.2 Å². The molecule has 0 aliphatic carbocycles. The van der Waals surface area contributed by atoms with Gasteiger partial charge in [0.05, 0.1) is 17.9 Å². The fourth-order valence-corrected chi connectivity index (χ4v) is 7.75. The van der Waals surface area contributed by atoms with Gasteiger partial charge in [0, 0.05) is 24.9 Å². The minimum Gasteiger partial charge on any atom is -0.365 e. The highest BCUT2D eigenvalue weighted by atomic mass is 32.2. The number of carbonyl (C=O) groups is 1. The Bertz CT molecular complexity index is 1200. The molecule has 9 heteroatoms. The summed E-state index contributed by atoms with van der Waals surface area (Å²) in [5.41, 5.74) is 8.28. The fraction of sp³-hybridized carbons (Fsp3) is 0.542. The second kappa shape index (κ2) is 7.58. The van der Waals surface area contributed by atoms with Gasteiger partial charge in [-0.25, -0.2) is 4.31 Å². The van der Waals surface area contributed by atoms with Gasteiger partial charge in [-0.2, -0.15) is 8.42 Å². The molecule has 2 N–H and O–H groups in total. The van der Waals surface area contributed by atoms with Crippen LogP contribution in [0.5, 0.6) is 0 Å². The molecule has 3 fully saturated rings. The molecule has 0 saturated carbocycles. The average Bonchev–Trinajstić information content (AvgIpc) is 2.98. The van der Waals surface area contributed by atoms with Crippen LogP contribution in [0.2, 0.25) is 0 Å². The number of carbonyl (C=O) groups excluding carboxylic acids is 1. The van der Waals surface area contributed by atoms with Gasteiger partial charge in [0.1, 0.15) is 39.3 Å². The van der Waals surface area contributed by atoms with Gasteiger partial charge in [-0.15, -0.1) is 0 Å². The molecule has 0 spiro atoms. The third-order valence-corrected chi connectivity index (χ3v) is 10.2. The lowest BCUT2D eigenvalue weighted by atomic mass is 10.0. The number of quaternary nitrogens is 2. The maximum atomic E-state index is 13.0. The van der Waals surface area contributed by atoms with Crippen LogP contribution in [-0.4, -0.2) is 88.7 Å². The third-order valence-electron chi connectivity index (χ3n) is 8.16. The molecule has 4 aliphatic heterocycles. The van der Waals surface area contributed by atoms with Gasteiger partial charge in [-0.3, -0.25) is 9.10 Å². The van der Waals surface area contributed by atoms with Gasteiger partial charge in [0.15, 0.2) is 6.54 Å². The molecule has 1 amide bonds. The van der Waals surface area contributed by atoms with E-state index in [2.05, 4.69) is 18.2 Å². The third kappa shape index (κ3) is 3.57. The van der Waals surface area contributed by atoms with Crippen LogP contribution in [0.1, 0.15) is 19.4 Å². The Morgan fingerprint density at radius 3 is 2.24 bits per heavy atom. The van der Waals surface area contributed by atoms with E-state index < -0.39 is 10.2 Å². The maximum absolute atomic E-state index is 13.0. The smallest absolute Gasteiger partial charge is 0.326 e. The van der Waals surface area contributed by atoms with E-state index in [0.717, 1.165) is 83.3 Å². The first-order valence-corrected chi connectivity index (χ1v) is 13.3. The van der Waals surface area contributed by atoms with Gasteiger partial charge in [0.25, 0.3) is 5.91 Å². The monoisotopic (exact) mass is 473 g/mol. The summed E-state index contributed by atoms with van der Waals surface area (Å²) in [6.07, 6.45) is 0.958. The predicted molar refractivity (Wildman–Crippen MR) is 131 cm³/mol. The predicted octanol–water partition coefficient (Wildman–Crippen LogP) is 1.44. The van der Waals surface area contributed by atoms with Crippen molar-refractivity contribution >= 4 is 38.3 Å². The zero-order valence-corrected chi connectivity index (χ0v) is 20.6. The molecule has 0 aromatic heterocycles. The number of hydrogen-bond donors (Lipinski definition) is 1. The van der Waals surface area contributed by atoms with Crippen molar-refractivity contribution in [2.45, 2.75) is 26.3 Å². The van der Waals surface area contributed by atoms with Gasteiger partial charge < -0.3 is 14.7 Å². The van der Waals surface area contributed by atoms with Crippen molar-refractivity contribution in [2.75, 3.05) is 68.0 Å². The molecule has 2 aromatic rings. The molecule has 4 heterocycles. The number of benzene rings is 2. The SMILES string of the molecule is CC(C)N1c2ccc3ccc(CC[N+]45CC[N+](CC(N)=O)(CC4)CC5)cc3c2N(C)S1(=O)=O. The van der Waals surface area contributed by atoms with Crippen LogP contribution in [0.15, 0.2) is 30.3 Å². The van der Waals surface area contributed by atoms with Crippen LogP contribution >= 0.6 is 0 Å². The van der Waals surface area contributed by atoms with E-state index in [1.165, 1.54) is 14.2 Å². The summed E-state index contributed by atoms with van der Waals surface area (Å²) in [6, 6.07) is 10.3. The molecule has 178 valence electrons. The minimum atomic E-state index is -3.55. The molecule has 2 bridgehead atoms. The van der Waals surface area contributed by atoms with Crippen LogP contribution < -0.4 is 14.3 Å². The molecular formula is C24H35N5O3S+2. The molecule has 6 rings (SSSR count). The average molecular weight is 474 g/mol. The van der Waals surface area contributed by atoms with Crippen molar-refractivity contribution in [1.29, 1.82) is 0 Å². The topological polar surface area (TPSA) is 83.7 Å². The summed E-state index contributed by atoms with van der Waals surface area (Å²) < 4.78 is 31.0. The summed E-state index contributed by atoms with van der Waals surface area (Å²) in [4.78, 5) is 11.5.